The van der Waals surface area contributed by atoms with Gasteiger partial charge in [0.15, 0.2) is 11.5 Å². The second-order valence-corrected chi connectivity index (χ2v) is 4.98. The van der Waals surface area contributed by atoms with Crippen molar-refractivity contribution in [2.24, 2.45) is 5.92 Å². The van der Waals surface area contributed by atoms with E-state index in [-0.39, 0.29) is 5.75 Å². The van der Waals surface area contributed by atoms with Crippen molar-refractivity contribution in [2.45, 2.75) is 46.0 Å². The van der Waals surface area contributed by atoms with Crippen molar-refractivity contribution in [3.8, 4) is 11.5 Å². The van der Waals surface area contributed by atoms with Crippen molar-refractivity contribution in [1.29, 1.82) is 0 Å². The Kier molecular flexibility index (Phi) is 6.60. The van der Waals surface area contributed by atoms with E-state index in [1.54, 1.807) is 0 Å². The first-order valence-electron chi connectivity index (χ1n) is 6.86. The SMILES string of the molecule is CCCCCCC(C)COc1ccc(O)c(F)c1F. The van der Waals surface area contributed by atoms with Crippen molar-refractivity contribution < 1.29 is 18.6 Å². The molecule has 1 unspecified atom stereocenters. The number of benzene rings is 1. The maximum Gasteiger partial charge on any atom is 0.204 e. The molecule has 0 aliphatic carbocycles. The first-order valence-corrected chi connectivity index (χ1v) is 6.86. The summed E-state index contributed by atoms with van der Waals surface area (Å²) in [7, 11) is 0. The van der Waals surface area contributed by atoms with Crippen molar-refractivity contribution in [3.63, 3.8) is 0 Å². The topological polar surface area (TPSA) is 29.5 Å². The van der Waals surface area contributed by atoms with Crippen LogP contribution >= 0.6 is 0 Å². The largest absolute Gasteiger partial charge is 0.505 e. The van der Waals surface area contributed by atoms with Gasteiger partial charge in [0.2, 0.25) is 11.6 Å². The predicted octanol–water partition coefficient (Wildman–Crippen LogP) is 4.66. The number of phenolic OH excluding ortho intramolecular Hbond substituents is 1. The summed E-state index contributed by atoms with van der Waals surface area (Å²) in [5.41, 5.74) is 0. The highest BCUT2D eigenvalue weighted by atomic mass is 19.2. The Labute approximate surface area is 113 Å². The lowest BCUT2D eigenvalue weighted by molar-refractivity contribution is 0.235. The first-order chi connectivity index (χ1) is 9.06. The molecule has 2 nitrogen and oxygen atoms in total. The molecule has 0 aromatic heterocycles. The van der Waals surface area contributed by atoms with Gasteiger partial charge >= 0.3 is 0 Å². The zero-order valence-electron chi connectivity index (χ0n) is 11.6. The van der Waals surface area contributed by atoms with Crippen LogP contribution in [0, 0.1) is 17.6 Å². The Morgan fingerprint density at radius 2 is 1.89 bits per heavy atom. The normalized spacial score (nSPS) is 12.4. The Bertz CT molecular complexity index is 394. The molecular weight excluding hydrogens is 250 g/mol. The van der Waals surface area contributed by atoms with Crippen LogP contribution in [0.3, 0.4) is 0 Å². The summed E-state index contributed by atoms with van der Waals surface area (Å²) in [6.07, 6.45) is 5.77. The number of phenols is 1. The molecule has 0 aliphatic heterocycles. The lowest BCUT2D eigenvalue weighted by Gasteiger charge is -2.13. The molecule has 0 saturated carbocycles. The summed E-state index contributed by atoms with van der Waals surface area (Å²) in [5, 5.41) is 9.00. The van der Waals surface area contributed by atoms with Gasteiger partial charge in [0, 0.05) is 0 Å². The number of hydrogen-bond acceptors (Lipinski definition) is 2. The maximum absolute atomic E-state index is 13.4. The molecule has 108 valence electrons. The molecule has 1 aromatic rings. The van der Waals surface area contributed by atoms with E-state index in [0.717, 1.165) is 18.9 Å². The molecule has 1 atom stereocenters. The smallest absolute Gasteiger partial charge is 0.204 e. The van der Waals surface area contributed by atoms with E-state index in [1.807, 2.05) is 6.92 Å². The number of hydrogen-bond donors (Lipinski definition) is 1. The standard InChI is InChI=1S/C15H22F2O2/c1-3-4-5-6-7-11(2)10-19-13-9-8-12(18)14(16)15(13)17/h8-9,11,18H,3-7,10H2,1-2H3. The Morgan fingerprint density at radius 1 is 1.16 bits per heavy atom. The minimum atomic E-state index is -1.26. The zero-order valence-corrected chi connectivity index (χ0v) is 11.6. The van der Waals surface area contributed by atoms with Crippen LogP contribution in [-0.2, 0) is 0 Å². The fraction of sp³-hybridized carbons (Fsp3) is 0.600. The van der Waals surface area contributed by atoms with E-state index in [4.69, 9.17) is 9.84 Å². The van der Waals surface area contributed by atoms with Crippen LogP contribution in [0.2, 0.25) is 0 Å². The Balaban J connectivity index is 2.38. The molecule has 0 heterocycles. The minimum Gasteiger partial charge on any atom is -0.505 e. The fourth-order valence-corrected chi connectivity index (χ4v) is 1.87. The molecule has 0 saturated heterocycles. The van der Waals surface area contributed by atoms with Gasteiger partial charge in [-0.2, -0.15) is 8.78 Å². The second kappa shape index (κ2) is 7.97. The highest BCUT2D eigenvalue weighted by Gasteiger charge is 2.14. The molecule has 0 aliphatic rings. The van der Waals surface area contributed by atoms with E-state index in [1.165, 1.54) is 25.3 Å². The molecule has 0 radical (unpaired) electrons. The van der Waals surface area contributed by atoms with Gasteiger partial charge < -0.3 is 9.84 Å². The van der Waals surface area contributed by atoms with Crippen LogP contribution in [-0.4, -0.2) is 11.7 Å². The zero-order chi connectivity index (χ0) is 14.3. The summed E-state index contributed by atoms with van der Waals surface area (Å²) < 4.78 is 31.8. The second-order valence-electron chi connectivity index (χ2n) is 4.98. The van der Waals surface area contributed by atoms with Crippen molar-refractivity contribution in [2.75, 3.05) is 6.61 Å². The summed E-state index contributed by atoms with van der Waals surface area (Å²) in [6.45, 7) is 4.54. The van der Waals surface area contributed by atoms with Gasteiger partial charge in [-0.05, 0) is 24.5 Å². The van der Waals surface area contributed by atoms with E-state index in [9.17, 15) is 8.78 Å². The molecule has 1 N–H and O–H groups in total. The molecule has 0 amide bonds. The summed E-state index contributed by atoms with van der Waals surface area (Å²) in [5.74, 6) is -2.92. The predicted molar refractivity (Wildman–Crippen MR) is 71.4 cm³/mol. The van der Waals surface area contributed by atoms with Gasteiger partial charge in [-0.1, -0.05) is 39.5 Å². The number of ether oxygens (including phenoxy) is 1. The maximum atomic E-state index is 13.4. The summed E-state index contributed by atoms with van der Waals surface area (Å²) >= 11 is 0. The van der Waals surface area contributed by atoms with E-state index in [2.05, 4.69) is 6.92 Å². The van der Waals surface area contributed by atoms with Gasteiger partial charge in [0.25, 0.3) is 0 Å². The molecule has 0 fully saturated rings. The van der Waals surface area contributed by atoms with E-state index < -0.39 is 17.4 Å². The molecule has 0 bridgehead atoms. The summed E-state index contributed by atoms with van der Waals surface area (Å²) in [6, 6.07) is 2.34. The van der Waals surface area contributed by atoms with E-state index in [0.29, 0.717) is 12.5 Å². The third-order valence-corrected chi connectivity index (χ3v) is 3.10. The monoisotopic (exact) mass is 272 g/mol. The van der Waals surface area contributed by atoms with Crippen LogP contribution in [0.15, 0.2) is 12.1 Å². The van der Waals surface area contributed by atoms with Crippen LogP contribution in [0.5, 0.6) is 11.5 Å². The average Bonchev–Trinajstić information content (AvgIpc) is 2.40. The quantitative estimate of drug-likeness (QED) is 0.698. The average molecular weight is 272 g/mol. The van der Waals surface area contributed by atoms with Gasteiger partial charge in [-0.3, -0.25) is 0 Å². The molecular formula is C15H22F2O2. The third-order valence-electron chi connectivity index (χ3n) is 3.10. The molecule has 0 spiro atoms. The Morgan fingerprint density at radius 3 is 2.58 bits per heavy atom. The van der Waals surface area contributed by atoms with E-state index >= 15 is 0 Å². The van der Waals surface area contributed by atoms with Gasteiger partial charge in [0.05, 0.1) is 6.61 Å². The molecule has 19 heavy (non-hydrogen) atoms. The van der Waals surface area contributed by atoms with Crippen molar-refractivity contribution >= 4 is 0 Å². The molecule has 4 heteroatoms. The van der Waals surface area contributed by atoms with Crippen molar-refractivity contribution in [1.82, 2.24) is 0 Å². The van der Waals surface area contributed by atoms with Crippen LogP contribution < -0.4 is 4.74 Å². The number of unbranched alkanes of at least 4 members (excludes halogenated alkanes) is 3. The van der Waals surface area contributed by atoms with Gasteiger partial charge in [0.1, 0.15) is 0 Å². The van der Waals surface area contributed by atoms with Crippen LogP contribution in [0.1, 0.15) is 46.0 Å². The lowest BCUT2D eigenvalue weighted by atomic mass is 10.0. The third kappa shape index (κ3) is 5.05. The van der Waals surface area contributed by atoms with Gasteiger partial charge in [-0.15, -0.1) is 0 Å². The number of halogens is 2. The highest BCUT2D eigenvalue weighted by Crippen LogP contribution is 2.27. The summed E-state index contributed by atoms with van der Waals surface area (Å²) in [4.78, 5) is 0. The highest BCUT2D eigenvalue weighted by molar-refractivity contribution is 5.33. The number of aromatic hydroxyl groups is 1. The molecule has 1 aromatic carbocycles. The first kappa shape index (κ1) is 15.7. The number of rotatable bonds is 8. The Hall–Kier alpha value is -1.32. The van der Waals surface area contributed by atoms with Crippen molar-refractivity contribution in [3.05, 3.63) is 23.8 Å². The van der Waals surface area contributed by atoms with Gasteiger partial charge in [-0.25, -0.2) is 0 Å². The minimum absolute atomic E-state index is 0.143. The fourth-order valence-electron chi connectivity index (χ4n) is 1.87. The van der Waals surface area contributed by atoms with Crippen LogP contribution in [0.4, 0.5) is 8.78 Å². The van der Waals surface area contributed by atoms with Crippen LogP contribution in [0.25, 0.3) is 0 Å². The lowest BCUT2D eigenvalue weighted by Crippen LogP contribution is -2.09. The molecule has 1 rings (SSSR count).